The van der Waals surface area contributed by atoms with Crippen molar-refractivity contribution >= 4 is 16.0 Å². The van der Waals surface area contributed by atoms with Crippen LogP contribution in [0.1, 0.15) is 25.2 Å². The first kappa shape index (κ1) is 21.6. The largest absolute Gasteiger partial charge is 0.467 e. The Bertz CT molecular complexity index is 1080. The molecule has 3 aromatic rings. The molecule has 8 heteroatoms. The van der Waals surface area contributed by atoms with Crippen LogP contribution in [0.25, 0.3) is 0 Å². The Morgan fingerprint density at radius 1 is 1.03 bits per heavy atom. The summed E-state index contributed by atoms with van der Waals surface area (Å²) in [7, 11) is -4.07. The zero-order valence-electron chi connectivity index (χ0n) is 16.6. The summed E-state index contributed by atoms with van der Waals surface area (Å²) in [6, 6.07) is 14.4. The van der Waals surface area contributed by atoms with E-state index >= 15 is 0 Å². The molecule has 0 aliphatic heterocycles. The van der Waals surface area contributed by atoms with Crippen molar-refractivity contribution in [2.45, 2.75) is 31.8 Å². The third kappa shape index (κ3) is 5.48. The normalized spacial score (nSPS) is 11.5. The third-order valence-corrected chi connectivity index (χ3v) is 5.60. The zero-order valence-corrected chi connectivity index (χ0v) is 17.4. The fourth-order valence-electron chi connectivity index (χ4n) is 2.81. The van der Waals surface area contributed by atoms with E-state index in [1.54, 1.807) is 35.4 Å². The number of hydrogen-bond donors (Lipinski definition) is 0. The minimum atomic E-state index is -4.07. The second-order valence-electron chi connectivity index (χ2n) is 7.06. The number of nitrogens with zero attached hydrogens (tertiary/aromatic N) is 1. The smallest absolute Gasteiger partial charge is 0.339 e. The van der Waals surface area contributed by atoms with Gasteiger partial charge in [-0.25, -0.2) is 4.39 Å². The Balaban J connectivity index is 1.71. The van der Waals surface area contributed by atoms with Crippen LogP contribution in [0.2, 0.25) is 0 Å². The molecule has 0 N–H and O–H groups in total. The lowest BCUT2D eigenvalue weighted by Crippen LogP contribution is -2.33. The summed E-state index contributed by atoms with van der Waals surface area (Å²) < 4.78 is 48.1. The summed E-state index contributed by atoms with van der Waals surface area (Å²) in [4.78, 5) is 14.1. The van der Waals surface area contributed by atoms with Gasteiger partial charge in [0.05, 0.1) is 12.8 Å². The lowest BCUT2D eigenvalue weighted by molar-refractivity contribution is -0.136. The maximum absolute atomic E-state index is 13.0. The fraction of sp³-hybridized carbons (Fsp3) is 0.227. The molecular formula is C22H22FNO5S. The monoisotopic (exact) mass is 431 g/mol. The summed E-state index contributed by atoms with van der Waals surface area (Å²) in [6.07, 6.45) is 1.56. The molecule has 2 aromatic carbocycles. The molecule has 0 fully saturated rings. The summed E-state index contributed by atoms with van der Waals surface area (Å²) in [5.74, 6) is 0.0626. The second kappa shape index (κ2) is 9.13. The molecule has 0 aliphatic carbocycles. The average molecular weight is 431 g/mol. The van der Waals surface area contributed by atoms with Crippen molar-refractivity contribution < 1.29 is 26.2 Å². The van der Waals surface area contributed by atoms with Gasteiger partial charge in [-0.2, -0.15) is 8.42 Å². The van der Waals surface area contributed by atoms with E-state index in [1.807, 2.05) is 13.8 Å². The van der Waals surface area contributed by atoms with Crippen LogP contribution in [-0.2, 0) is 28.0 Å². The van der Waals surface area contributed by atoms with Gasteiger partial charge in [0.15, 0.2) is 0 Å². The van der Waals surface area contributed by atoms with Gasteiger partial charge in [-0.3, -0.25) is 4.79 Å². The first-order chi connectivity index (χ1) is 14.2. The predicted molar refractivity (Wildman–Crippen MR) is 108 cm³/mol. The molecule has 3 rings (SSSR count). The molecule has 1 heterocycles. The second-order valence-corrected chi connectivity index (χ2v) is 8.61. The van der Waals surface area contributed by atoms with Crippen LogP contribution in [0.3, 0.4) is 0 Å². The van der Waals surface area contributed by atoms with E-state index in [0.717, 1.165) is 29.8 Å². The van der Waals surface area contributed by atoms with Crippen LogP contribution in [0, 0.1) is 11.7 Å². The van der Waals surface area contributed by atoms with Crippen LogP contribution in [0.4, 0.5) is 4.39 Å². The van der Waals surface area contributed by atoms with Crippen molar-refractivity contribution in [2.24, 2.45) is 5.92 Å². The number of halogens is 1. The molecule has 0 unspecified atom stereocenters. The summed E-state index contributed by atoms with van der Waals surface area (Å²) in [5.41, 5.74) is 0.807. The molecule has 158 valence electrons. The molecule has 0 radical (unpaired) electrons. The van der Waals surface area contributed by atoms with Crippen molar-refractivity contribution in [3.63, 3.8) is 0 Å². The highest BCUT2D eigenvalue weighted by Crippen LogP contribution is 2.21. The van der Waals surface area contributed by atoms with Crippen LogP contribution in [0.5, 0.6) is 5.75 Å². The molecule has 30 heavy (non-hydrogen) atoms. The van der Waals surface area contributed by atoms with Gasteiger partial charge in [-0.05, 0) is 54.1 Å². The number of amides is 1. The van der Waals surface area contributed by atoms with Gasteiger partial charge in [0.1, 0.15) is 22.2 Å². The lowest BCUT2D eigenvalue weighted by atomic mass is 10.1. The highest BCUT2D eigenvalue weighted by Gasteiger charge is 2.20. The number of hydrogen-bond acceptors (Lipinski definition) is 5. The zero-order chi connectivity index (χ0) is 21.7. The Labute approximate surface area is 175 Å². The van der Waals surface area contributed by atoms with E-state index in [4.69, 9.17) is 8.60 Å². The summed E-state index contributed by atoms with van der Waals surface area (Å²) >= 11 is 0. The molecule has 0 spiro atoms. The lowest BCUT2D eigenvalue weighted by Gasteiger charge is -2.24. The number of carbonyl (C=O) groups excluding carboxylic acids is 1. The van der Waals surface area contributed by atoms with E-state index in [1.165, 1.54) is 12.1 Å². The van der Waals surface area contributed by atoms with Crippen LogP contribution in [0.15, 0.2) is 76.2 Å². The van der Waals surface area contributed by atoms with E-state index in [-0.39, 0.29) is 22.5 Å². The molecule has 0 aliphatic rings. The van der Waals surface area contributed by atoms with Crippen molar-refractivity contribution in [1.82, 2.24) is 4.90 Å². The van der Waals surface area contributed by atoms with Crippen LogP contribution < -0.4 is 4.18 Å². The van der Waals surface area contributed by atoms with Gasteiger partial charge < -0.3 is 13.5 Å². The van der Waals surface area contributed by atoms with Gasteiger partial charge in [-0.15, -0.1) is 0 Å². The van der Waals surface area contributed by atoms with Crippen LogP contribution in [-0.4, -0.2) is 19.2 Å². The standard InChI is InChI=1S/C22H22FNO5S/c1-16(2)22(25)24(15-20-4-3-13-28-20)14-17-5-9-19(10-6-17)29-30(26,27)21-11-7-18(23)8-12-21/h3-13,16H,14-15H2,1-2H3. The number of rotatable bonds is 8. The maximum atomic E-state index is 13.0. The van der Waals surface area contributed by atoms with Gasteiger partial charge in [0.25, 0.3) is 0 Å². The maximum Gasteiger partial charge on any atom is 0.339 e. The van der Waals surface area contributed by atoms with E-state index in [0.29, 0.717) is 18.8 Å². The van der Waals surface area contributed by atoms with Crippen molar-refractivity contribution in [2.75, 3.05) is 0 Å². The Morgan fingerprint density at radius 3 is 2.27 bits per heavy atom. The number of carbonyl (C=O) groups is 1. The van der Waals surface area contributed by atoms with E-state index in [9.17, 15) is 17.6 Å². The molecule has 6 nitrogen and oxygen atoms in total. The summed E-state index contributed by atoms with van der Waals surface area (Å²) in [6.45, 7) is 4.33. The van der Waals surface area contributed by atoms with E-state index < -0.39 is 15.9 Å². The molecule has 0 saturated heterocycles. The molecule has 1 aromatic heterocycles. The Kier molecular flexibility index (Phi) is 6.56. The quantitative estimate of drug-likeness (QED) is 0.495. The molecule has 0 bridgehead atoms. The fourth-order valence-corrected chi connectivity index (χ4v) is 3.74. The van der Waals surface area contributed by atoms with Crippen molar-refractivity contribution in [3.8, 4) is 5.75 Å². The molecule has 0 atom stereocenters. The minimum Gasteiger partial charge on any atom is -0.467 e. The molecule has 1 amide bonds. The SMILES string of the molecule is CC(C)C(=O)N(Cc1ccc(OS(=O)(=O)c2ccc(F)cc2)cc1)Cc1ccco1. The highest BCUT2D eigenvalue weighted by atomic mass is 32.2. The topological polar surface area (TPSA) is 76.8 Å². The van der Waals surface area contributed by atoms with Crippen LogP contribution >= 0.6 is 0 Å². The van der Waals surface area contributed by atoms with Gasteiger partial charge >= 0.3 is 10.1 Å². The first-order valence-electron chi connectivity index (χ1n) is 9.35. The van der Waals surface area contributed by atoms with Crippen molar-refractivity contribution in [3.05, 3.63) is 84.1 Å². The Morgan fingerprint density at radius 2 is 1.70 bits per heavy atom. The Hall–Kier alpha value is -3.13. The number of benzene rings is 2. The summed E-state index contributed by atoms with van der Waals surface area (Å²) in [5, 5.41) is 0. The van der Waals surface area contributed by atoms with Gasteiger partial charge in [0, 0.05) is 12.5 Å². The highest BCUT2D eigenvalue weighted by molar-refractivity contribution is 7.87. The molecule has 0 saturated carbocycles. The van der Waals surface area contributed by atoms with Gasteiger partial charge in [0.2, 0.25) is 5.91 Å². The predicted octanol–water partition coefficient (Wildman–Crippen LogP) is 4.37. The first-order valence-corrected chi connectivity index (χ1v) is 10.8. The average Bonchev–Trinajstić information content (AvgIpc) is 3.21. The molecular weight excluding hydrogens is 409 g/mol. The van der Waals surface area contributed by atoms with Crippen molar-refractivity contribution in [1.29, 1.82) is 0 Å². The van der Waals surface area contributed by atoms with Gasteiger partial charge in [-0.1, -0.05) is 26.0 Å². The third-order valence-electron chi connectivity index (χ3n) is 4.34. The van der Waals surface area contributed by atoms with E-state index in [2.05, 4.69) is 0 Å². The minimum absolute atomic E-state index is 0.0226. The number of furan rings is 1.